The second kappa shape index (κ2) is 5.48. The number of hydrogen-bond acceptors (Lipinski definition) is 4. The van der Waals surface area contributed by atoms with Crippen molar-refractivity contribution in [1.29, 1.82) is 0 Å². The van der Waals surface area contributed by atoms with Crippen molar-refractivity contribution >= 4 is 17.3 Å². The van der Waals surface area contributed by atoms with Gasteiger partial charge in [-0.2, -0.15) is 0 Å². The average molecular weight is 263 g/mol. The van der Waals surface area contributed by atoms with E-state index in [1.54, 1.807) is 12.1 Å². The van der Waals surface area contributed by atoms with E-state index in [0.717, 1.165) is 31.6 Å². The van der Waals surface area contributed by atoms with Gasteiger partial charge in [-0.05, 0) is 45.1 Å². The molecule has 1 aliphatic heterocycles. The molecule has 19 heavy (non-hydrogen) atoms. The summed E-state index contributed by atoms with van der Waals surface area (Å²) in [4.78, 5) is 15.5. The molecule has 0 atom stereocenters. The molecule has 1 heterocycles. The van der Waals surface area contributed by atoms with Crippen molar-refractivity contribution in [3.63, 3.8) is 0 Å². The van der Waals surface area contributed by atoms with Crippen molar-refractivity contribution in [2.24, 2.45) is 0 Å². The molecular weight excluding hydrogens is 242 g/mol. The van der Waals surface area contributed by atoms with Crippen LogP contribution in [0.25, 0.3) is 0 Å². The first-order valence-electron chi connectivity index (χ1n) is 6.54. The van der Waals surface area contributed by atoms with Gasteiger partial charge in [0.25, 0.3) is 0 Å². The van der Waals surface area contributed by atoms with Crippen LogP contribution >= 0.6 is 0 Å². The molecule has 5 nitrogen and oxygen atoms in total. The molecule has 1 aromatic rings. The molecule has 2 rings (SSSR count). The number of piperidine rings is 1. The quantitative estimate of drug-likeness (QED) is 0.809. The zero-order valence-corrected chi connectivity index (χ0v) is 11.5. The standard InChI is InChI=1S/C14H21N3O2/c1-16-8-6-10(7-9-16)17(2)12-5-3-4-11(13(12)15)14(18)19/h3-5,10H,6-9,15H2,1-2H3,(H,18,19). The molecular formula is C14H21N3O2. The van der Waals surface area contributed by atoms with E-state index in [1.165, 1.54) is 0 Å². The fourth-order valence-corrected chi connectivity index (χ4v) is 2.63. The van der Waals surface area contributed by atoms with Gasteiger partial charge in [0.05, 0.1) is 16.9 Å². The molecule has 104 valence electrons. The van der Waals surface area contributed by atoms with E-state index < -0.39 is 5.97 Å². The third kappa shape index (κ3) is 2.81. The average Bonchev–Trinajstić information content (AvgIpc) is 2.38. The molecule has 0 aromatic heterocycles. The lowest BCUT2D eigenvalue weighted by Gasteiger charge is -2.37. The van der Waals surface area contributed by atoms with Crippen LogP contribution in [-0.2, 0) is 0 Å². The Kier molecular flexibility index (Phi) is 3.95. The Hall–Kier alpha value is -1.75. The lowest BCUT2D eigenvalue weighted by molar-refractivity contribution is 0.0698. The molecule has 0 unspecified atom stereocenters. The number of hydrogen-bond donors (Lipinski definition) is 2. The Labute approximate surface area is 113 Å². The van der Waals surface area contributed by atoms with Gasteiger partial charge in [-0.15, -0.1) is 0 Å². The fraction of sp³-hybridized carbons (Fsp3) is 0.500. The van der Waals surface area contributed by atoms with E-state index in [1.807, 2.05) is 13.1 Å². The number of likely N-dealkylation sites (tertiary alicyclic amines) is 1. The monoisotopic (exact) mass is 263 g/mol. The van der Waals surface area contributed by atoms with Gasteiger partial charge in [0.2, 0.25) is 0 Å². The van der Waals surface area contributed by atoms with E-state index in [-0.39, 0.29) is 5.56 Å². The summed E-state index contributed by atoms with van der Waals surface area (Å²) in [6, 6.07) is 5.60. The number of nitrogen functional groups attached to an aromatic ring is 1. The van der Waals surface area contributed by atoms with Gasteiger partial charge in [-0.25, -0.2) is 4.79 Å². The Morgan fingerprint density at radius 1 is 1.42 bits per heavy atom. The van der Waals surface area contributed by atoms with Crippen LogP contribution in [0, 0.1) is 0 Å². The Morgan fingerprint density at radius 2 is 2.05 bits per heavy atom. The summed E-state index contributed by atoms with van der Waals surface area (Å²) in [5.74, 6) is -0.976. The van der Waals surface area contributed by atoms with Crippen molar-refractivity contribution in [2.75, 3.05) is 37.8 Å². The summed E-state index contributed by atoms with van der Waals surface area (Å²) in [6.45, 7) is 2.13. The van der Waals surface area contributed by atoms with E-state index in [9.17, 15) is 4.79 Å². The predicted octanol–water partition coefficient (Wildman–Crippen LogP) is 1.50. The summed E-state index contributed by atoms with van der Waals surface area (Å²) < 4.78 is 0. The lowest BCUT2D eigenvalue weighted by Crippen LogP contribution is -2.42. The van der Waals surface area contributed by atoms with Gasteiger partial charge in [-0.1, -0.05) is 6.07 Å². The molecule has 0 amide bonds. The second-order valence-electron chi connectivity index (χ2n) is 5.19. The molecule has 0 radical (unpaired) electrons. The van der Waals surface area contributed by atoms with Crippen LogP contribution in [0.1, 0.15) is 23.2 Å². The highest BCUT2D eigenvalue weighted by molar-refractivity contribution is 5.97. The van der Waals surface area contributed by atoms with E-state index in [0.29, 0.717) is 11.7 Å². The highest BCUT2D eigenvalue weighted by Gasteiger charge is 2.23. The number of nitrogens with zero attached hydrogens (tertiary/aromatic N) is 2. The van der Waals surface area contributed by atoms with Crippen molar-refractivity contribution in [2.45, 2.75) is 18.9 Å². The molecule has 5 heteroatoms. The minimum atomic E-state index is -0.976. The maximum absolute atomic E-state index is 11.1. The maximum Gasteiger partial charge on any atom is 0.337 e. The van der Waals surface area contributed by atoms with Gasteiger partial charge in [0, 0.05) is 13.1 Å². The summed E-state index contributed by atoms with van der Waals surface area (Å²) in [6.07, 6.45) is 2.15. The Bertz CT molecular complexity index is 468. The van der Waals surface area contributed by atoms with Crippen LogP contribution < -0.4 is 10.6 Å². The highest BCUT2D eigenvalue weighted by atomic mass is 16.4. The van der Waals surface area contributed by atoms with Gasteiger partial charge in [0.1, 0.15) is 0 Å². The topological polar surface area (TPSA) is 69.8 Å². The first-order chi connectivity index (χ1) is 9.00. The van der Waals surface area contributed by atoms with Crippen LogP contribution in [0.2, 0.25) is 0 Å². The SMILES string of the molecule is CN1CCC(N(C)c2cccc(C(=O)O)c2N)CC1. The van der Waals surface area contributed by atoms with Gasteiger partial charge in [-0.3, -0.25) is 0 Å². The molecule has 0 spiro atoms. The Balaban J connectivity index is 2.21. The third-order valence-corrected chi connectivity index (χ3v) is 3.93. The number of carboxylic acids is 1. The largest absolute Gasteiger partial charge is 0.478 e. The van der Waals surface area contributed by atoms with E-state index >= 15 is 0 Å². The molecule has 0 saturated carbocycles. The van der Waals surface area contributed by atoms with E-state index in [4.69, 9.17) is 10.8 Å². The van der Waals surface area contributed by atoms with Crippen LogP contribution in [0.3, 0.4) is 0 Å². The highest BCUT2D eigenvalue weighted by Crippen LogP contribution is 2.29. The number of rotatable bonds is 3. The van der Waals surface area contributed by atoms with Crippen LogP contribution in [0.5, 0.6) is 0 Å². The summed E-state index contributed by atoms with van der Waals surface area (Å²) in [7, 11) is 4.11. The molecule has 1 fully saturated rings. The first-order valence-corrected chi connectivity index (χ1v) is 6.54. The zero-order valence-electron chi connectivity index (χ0n) is 11.5. The normalized spacial score (nSPS) is 17.4. The van der Waals surface area contributed by atoms with Crippen molar-refractivity contribution in [1.82, 2.24) is 4.90 Å². The fourth-order valence-electron chi connectivity index (χ4n) is 2.63. The van der Waals surface area contributed by atoms with Crippen molar-refractivity contribution in [3.8, 4) is 0 Å². The van der Waals surface area contributed by atoms with Crippen LogP contribution in [0.4, 0.5) is 11.4 Å². The van der Waals surface area contributed by atoms with E-state index in [2.05, 4.69) is 16.8 Å². The number of benzene rings is 1. The van der Waals surface area contributed by atoms with Crippen molar-refractivity contribution in [3.05, 3.63) is 23.8 Å². The number of carboxylic acid groups (broad SMARTS) is 1. The number of nitrogens with two attached hydrogens (primary N) is 1. The lowest BCUT2D eigenvalue weighted by atomic mass is 10.0. The van der Waals surface area contributed by atoms with Crippen molar-refractivity contribution < 1.29 is 9.90 Å². The number of para-hydroxylation sites is 1. The minimum Gasteiger partial charge on any atom is -0.478 e. The van der Waals surface area contributed by atoms with Gasteiger partial charge < -0.3 is 20.6 Å². The molecule has 3 N–H and O–H groups in total. The van der Waals surface area contributed by atoms with Gasteiger partial charge >= 0.3 is 5.97 Å². The second-order valence-corrected chi connectivity index (χ2v) is 5.19. The smallest absolute Gasteiger partial charge is 0.337 e. The first kappa shape index (κ1) is 13.7. The number of anilines is 2. The maximum atomic E-state index is 11.1. The molecule has 1 saturated heterocycles. The third-order valence-electron chi connectivity index (χ3n) is 3.93. The summed E-state index contributed by atoms with van der Waals surface area (Å²) in [5.41, 5.74) is 7.34. The van der Waals surface area contributed by atoms with Crippen LogP contribution in [0.15, 0.2) is 18.2 Å². The molecule has 0 aliphatic carbocycles. The number of aromatic carboxylic acids is 1. The Morgan fingerprint density at radius 3 is 2.63 bits per heavy atom. The molecule has 1 aromatic carbocycles. The predicted molar refractivity (Wildman–Crippen MR) is 76.7 cm³/mol. The zero-order chi connectivity index (χ0) is 14.0. The number of carbonyl (C=O) groups is 1. The summed E-state index contributed by atoms with van der Waals surface area (Å²) in [5, 5.41) is 9.11. The molecule has 1 aliphatic rings. The van der Waals surface area contributed by atoms with Gasteiger partial charge in [0.15, 0.2) is 0 Å². The minimum absolute atomic E-state index is 0.178. The van der Waals surface area contributed by atoms with Crippen LogP contribution in [-0.4, -0.2) is 49.2 Å². The summed E-state index contributed by atoms with van der Waals surface area (Å²) >= 11 is 0. The molecule has 0 bridgehead atoms.